The molecule has 0 aromatic rings. The summed E-state index contributed by atoms with van der Waals surface area (Å²) in [5.41, 5.74) is -0.272. The SMILES string of the molecule is CNC(=N)NCCCCCCC(C)(C)NC(=N)NC(=N)NCCCCCCC(C)(C)N(C)C(=N)NC. The molecule has 11 heteroatoms. The topological polar surface area (TPSA) is 171 Å². The quantitative estimate of drug-likeness (QED) is 0.0865. The van der Waals surface area contributed by atoms with Gasteiger partial charge in [-0.1, -0.05) is 38.5 Å². The molecule has 0 aliphatic heterocycles. The van der Waals surface area contributed by atoms with Gasteiger partial charge in [0.25, 0.3) is 0 Å². The highest BCUT2D eigenvalue weighted by atomic mass is 15.3. The van der Waals surface area contributed by atoms with Gasteiger partial charge in [-0.15, -0.1) is 0 Å². The Hall–Kier alpha value is -2.72. The van der Waals surface area contributed by atoms with Crippen LogP contribution < -0.4 is 31.9 Å². The Bertz CT molecular complexity index is 673. The highest BCUT2D eigenvalue weighted by Gasteiger charge is 2.24. The summed E-state index contributed by atoms with van der Waals surface area (Å²) in [6, 6.07) is 0. The lowest BCUT2D eigenvalue weighted by Crippen LogP contribution is -2.52. The number of nitrogens with one attached hydrogen (secondary N) is 10. The van der Waals surface area contributed by atoms with Crippen molar-refractivity contribution in [2.75, 3.05) is 34.2 Å². The molecule has 0 amide bonds. The van der Waals surface area contributed by atoms with E-state index in [0.717, 1.165) is 70.8 Å². The second-order valence-corrected chi connectivity index (χ2v) is 10.7. The van der Waals surface area contributed by atoms with Crippen LogP contribution in [0.25, 0.3) is 0 Å². The average Bonchev–Trinajstić information content (AvgIpc) is 2.80. The lowest BCUT2D eigenvalue weighted by atomic mass is 9.95. The molecule has 0 saturated carbocycles. The average molecular weight is 510 g/mol. The molecule has 0 unspecified atom stereocenters. The molecule has 0 aromatic heterocycles. The van der Waals surface area contributed by atoms with Crippen LogP contribution in [-0.4, -0.2) is 74.0 Å². The zero-order chi connectivity index (χ0) is 27.6. The third-order valence-corrected chi connectivity index (χ3v) is 6.49. The Morgan fingerprint density at radius 2 is 1.14 bits per heavy atom. The van der Waals surface area contributed by atoms with E-state index in [1.807, 2.05) is 11.9 Å². The molecule has 0 atom stereocenters. The summed E-state index contributed by atoms with van der Waals surface area (Å²) in [4.78, 5) is 1.98. The molecule has 0 rings (SSSR count). The minimum atomic E-state index is -0.218. The molecule has 0 heterocycles. The molecule has 210 valence electrons. The van der Waals surface area contributed by atoms with Crippen LogP contribution in [0, 0.1) is 21.6 Å². The fourth-order valence-electron chi connectivity index (χ4n) is 3.84. The van der Waals surface area contributed by atoms with Crippen molar-refractivity contribution in [1.82, 2.24) is 36.8 Å². The van der Waals surface area contributed by atoms with Gasteiger partial charge < -0.3 is 31.5 Å². The van der Waals surface area contributed by atoms with E-state index in [4.69, 9.17) is 21.6 Å². The van der Waals surface area contributed by atoms with Crippen LogP contribution in [0.3, 0.4) is 0 Å². The zero-order valence-corrected chi connectivity index (χ0v) is 23.9. The van der Waals surface area contributed by atoms with Crippen molar-refractivity contribution in [2.45, 2.75) is 103 Å². The van der Waals surface area contributed by atoms with Crippen LogP contribution in [0.15, 0.2) is 0 Å². The largest absolute Gasteiger partial charge is 0.360 e. The lowest BCUT2D eigenvalue weighted by Gasteiger charge is -2.37. The van der Waals surface area contributed by atoms with Gasteiger partial charge >= 0.3 is 0 Å². The van der Waals surface area contributed by atoms with Crippen LogP contribution in [-0.2, 0) is 0 Å². The van der Waals surface area contributed by atoms with E-state index >= 15 is 0 Å². The Morgan fingerprint density at radius 1 is 0.639 bits per heavy atom. The van der Waals surface area contributed by atoms with E-state index in [2.05, 4.69) is 59.6 Å². The molecule has 0 bridgehead atoms. The summed E-state index contributed by atoms with van der Waals surface area (Å²) < 4.78 is 0. The molecule has 0 aliphatic rings. The predicted molar refractivity (Wildman–Crippen MR) is 153 cm³/mol. The van der Waals surface area contributed by atoms with Gasteiger partial charge in [-0.3, -0.25) is 27.0 Å². The monoisotopic (exact) mass is 509 g/mol. The summed E-state index contributed by atoms with van der Waals surface area (Å²) in [6.45, 7) is 10.0. The van der Waals surface area contributed by atoms with Gasteiger partial charge in [0, 0.05) is 45.3 Å². The highest BCUT2D eigenvalue weighted by molar-refractivity contribution is 5.95. The van der Waals surface area contributed by atoms with E-state index in [0.29, 0.717) is 18.5 Å². The maximum absolute atomic E-state index is 8.15. The first-order chi connectivity index (χ1) is 16.8. The maximum Gasteiger partial charge on any atom is 0.195 e. The lowest BCUT2D eigenvalue weighted by molar-refractivity contribution is 0.223. The Kier molecular flexibility index (Phi) is 16.3. The van der Waals surface area contributed by atoms with E-state index < -0.39 is 0 Å². The van der Waals surface area contributed by atoms with Gasteiger partial charge in [-0.2, -0.15) is 0 Å². The molecule has 0 aliphatic carbocycles. The third kappa shape index (κ3) is 16.0. The first-order valence-corrected chi connectivity index (χ1v) is 13.3. The Morgan fingerprint density at radius 3 is 1.67 bits per heavy atom. The number of unbranched alkanes of at least 4 members (excludes halogenated alkanes) is 6. The Balaban J connectivity index is 3.91. The molecule has 0 fully saturated rings. The fourth-order valence-corrected chi connectivity index (χ4v) is 3.84. The first-order valence-electron chi connectivity index (χ1n) is 13.3. The number of guanidine groups is 4. The third-order valence-electron chi connectivity index (χ3n) is 6.49. The summed E-state index contributed by atoms with van der Waals surface area (Å²) >= 11 is 0. The van der Waals surface area contributed by atoms with E-state index in [1.165, 1.54) is 0 Å². The van der Waals surface area contributed by atoms with E-state index in [1.54, 1.807) is 14.1 Å². The summed E-state index contributed by atoms with van der Waals surface area (Å²) in [5.74, 6) is 1.09. The van der Waals surface area contributed by atoms with E-state index in [-0.39, 0.29) is 23.0 Å². The van der Waals surface area contributed by atoms with Crippen molar-refractivity contribution < 1.29 is 0 Å². The maximum atomic E-state index is 8.15. The van der Waals surface area contributed by atoms with Gasteiger partial charge in [0.05, 0.1) is 0 Å². The van der Waals surface area contributed by atoms with Gasteiger partial charge in [0.1, 0.15) is 0 Å². The second-order valence-electron chi connectivity index (χ2n) is 10.7. The van der Waals surface area contributed by atoms with Crippen molar-refractivity contribution in [3.63, 3.8) is 0 Å². The molecular weight excluding hydrogens is 454 g/mol. The molecule has 0 spiro atoms. The number of hydrogen-bond acceptors (Lipinski definition) is 4. The summed E-state index contributed by atoms with van der Waals surface area (Å²) in [6.07, 6.45) is 10.6. The number of hydrogen-bond donors (Lipinski definition) is 10. The van der Waals surface area contributed by atoms with Crippen LogP contribution in [0.4, 0.5) is 0 Å². The minimum Gasteiger partial charge on any atom is -0.360 e. The molecule has 0 radical (unpaired) electrons. The highest BCUT2D eigenvalue weighted by Crippen LogP contribution is 2.20. The van der Waals surface area contributed by atoms with Crippen LogP contribution in [0.2, 0.25) is 0 Å². The van der Waals surface area contributed by atoms with Gasteiger partial charge in [0.15, 0.2) is 23.8 Å². The molecule has 0 saturated heterocycles. The normalized spacial score (nSPS) is 11.3. The molecule has 11 nitrogen and oxygen atoms in total. The molecule has 10 N–H and O–H groups in total. The predicted octanol–water partition coefficient (Wildman–Crippen LogP) is 2.91. The summed E-state index contributed by atoms with van der Waals surface area (Å²) in [7, 11) is 5.46. The number of nitrogens with zero attached hydrogens (tertiary/aromatic N) is 1. The van der Waals surface area contributed by atoms with Crippen molar-refractivity contribution in [3.8, 4) is 0 Å². The van der Waals surface area contributed by atoms with Gasteiger partial charge in [-0.05, 0) is 53.4 Å². The van der Waals surface area contributed by atoms with Crippen LogP contribution >= 0.6 is 0 Å². The molecule has 0 aromatic carbocycles. The summed E-state index contributed by atoms with van der Waals surface area (Å²) in [5, 5.41) is 49.3. The van der Waals surface area contributed by atoms with Crippen LogP contribution in [0.1, 0.15) is 91.9 Å². The molecular formula is C25H55N11. The molecule has 36 heavy (non-hydrogen) atoms. The van der Waals surface area contributed by atoms with E-state index in [9.17, 15) is 0 Å². The fraction of sp³-hybridized carbons (Fsp3) is 0.840. The van der Waals surface area contributed by atoms with Gasteiger partial charge in [0.2, 0.25) is 0 Å². The van der Waals surface area contributed by atoms with Crippen molar-refractivity contribution in [3.05, 3.63) is 0 Å². The van der Waals surface area contributed by atoms with Crippen molar-refractivity contribution in [2.24, 2.45) is 0 Å². The number of rotatable bonds is 16. The second kappa shape index (κ2) is 17.7. The first kappa shape index (κ1) is 33.3. The smallest absolute Gasteiger partial charge is 0.195 e. The standard InChI is InChI=1S/C25H55N11/c1-24(2,16-12-8-10-14-18-32-20(26)30-5)35-22(28)34-21(27)33-19-15-11-9-13-17-25(3,4)36(7)23(29)31-6/h8-19H2,1-7H3,(H2,29,31)(H3,26,30,32)(H5,27,28,33,34,35). The minimum absolute atomic E-state index is 0.0546. The van der Waals surface area contributed by atoms with Crippen molar-refractivity contribution in [1.29, 1.82) is 21.6 Å². The Labute approximate surface area is 219 Å². The van der Waals surface area contributed by atoms with Gasteiger partial charge in [-0.25, -0.2) is 0 Å². The van der Waals surface area contributed by atoms with Crippen molar-refractivity contribution >= 4 is 23.8 Å². The van der Waals surface area contributed by atoms with Crippen LogP contribution in [0.5, 0.6) is 0 Å². The zero-order valence-electron chi connectivity index (χ0n) is 23.9.